The van der Waals surface area contributed by atoms with Crippen molar-refractivity contribution in [1.29, 1.82) is 0 Å². The normalized spacial score (nSPS) is 30.8. The third kappa shape index (κ3) is 2.54. The second-order valence-electron chi connectivity index (χ2n) is 8.91. The van der Waals surface area contributed by atoms with Gasteiger partial charge in [0.1, 0.15) is 0 Å². The first kappa shape index (κ1) is 16.7. The van der Waals surface area contributed by atoms with Gasteiger partial charge in [0.15, 0.2) is 0 Å². The minimum Gasteiger partial charge on any atom is -0.349 e. The lowest BCUT2D eigenvalue weighted by Crippen LogP contribution is -2.55. The van der Waals surface area contributed by atoms with E-state index in [1.54, 1.807) is 11.3 Å². The Hall–Kier alpha value is -2.21. The summed E-state index contributed by atoms with van der Waals surface area (Å²) in [4.78, 5) is 19.0. The molecule has 0 aliphatic heterocycles. The first-order valence-corrected chi connectivity index (χ1v) is 11.2. The number of hydrogen-bond donors (Lipinski definition) is 1. The molecule has 0 atom stereocenters. The SMILES string of the molecule is Cc1noc2nc(-c3cccs3)cc(C(=O)NC3C4CC5CC(C4)CC3C5)c12. The second-order valence-corrected chi connectivity index (χ2v) is 9.86. The van der Waals surface area contributed by atoms with Gasteiger partial charge in [-0.25, -0.2) is 4.98 Å². The molecule has 0 unspecified atom stereocenters. The Bertz CT molecular complexity index is 1030. The number of rotatable bonds is 3. The van der Waals surface area contributed by atoms with Crippen LogP contribution in [-0.4, -0.2) is 22.1 Å². The molecule has 3 aromatic heterocycles. The number of nitrogens with one attached hydrogen (secondary N) is 1. The van der Waals surface area contributed by atoms with Gasteiger partial charge in [0.25, 0.3) is 11.6 Å². The van der Waals surface area contributed by atoms with Crippen LogP contribution in [0, 0.1) is 30.6 Å². The van der Waals surface area contributed by atoms with Gasteiger partial charge in [0, 0.05) is 6.04 Å². The average molecular weight is 394 g/mol. The van der Waals surface area contributed by atoms with Gasteiger partial charge in [-0.1, -0.05) is 11.2 Å². The number of thiophene rings is 1. The fourth-order valence-corrected chi connectivity index (χ4v) is 6.90. The Kier molecular flexibility index (Phi) is 3.67. The van der Waals surface area contributed by atoms with Crippen LogP contribution in [0.2, 0.25) is 0 Å². The van der Waals surface area contributed by atoms with E-state index in [0.717, 1.165) is 33.5 Å². The van der Waals surface area contributed by atoms with Crippen LogP contribution in [0.1, 0.15) is 48.2 Å². The van der Waals surface area contributed by atoms with Crippen molar-refractivity contribution in [2.45, 2.75) is 45.1 Å². The van der Waals surface area contributed by atoms with Gasteiger partial charge in [-0.05, 0) is 80.2 Å². The number of nitrogens with zero attached hydrogens (tertiary/aromatic N) is 2. The molecule has 144 valence electrons. The molecule has 4 aliphatic rings. The molecule has 6 heteroatoms. The Balaban J connectivity index is 1.37. The number of carbonyl (C=O) groups excluding carboxylic acids is 1. The zero-order valence-corrected chi connectivity index (χ0v) is 16.7. The van der Waals surface area contributed by atoms with E-state index >= 15 is 0 Å². The summed E-state index contributed by atoms with van der Waals surface area (Å²) < 4.78 is 5.43. The minimum atomic E-state index is -0.00557. The predicted octanol–water partition coefficient (Wildman–Crippen LogP) is 4.81. The number of hydrogen-bond acceptors (Lipinski definition) is 5. The van der Waals surface area contributed by atoms with Gasteiger partial charge in [-0.15, -0.1) is 11.3 Å². The zero-order valence-electron chi connectivity index (χ0n) is 15.9. The molecule has 4 bridgehead atoms. The lowest BCUT2D eigenvalue weighted by atomic mass is 9.54. The van der Waals surface area contributed by atoms with Crippen LogP contribution in [0.4, 0.5) is 0 Å². The van der Waals surface area contributed by atoms with Crippen molar-refractivity contribution in [2.75, 3.05) is 0 Å². The van der Waals surface area contributed by atoms with Crippen LogP contribution in [-0.2, 0) is 0 Å². The monoisotopic (exact) mass is 393 g/mol. The van der Waals surface area contributed by atoms with Gasteiger partial charge in [0.05, 0.1) is 27.2 Å². The van der Waals surface area contributed by atoms with E-state index in [2.05, 4.69) is 15.5 Å². The van der Waals surface area contributed by atoms with Gasteiger partial charge in [-0.2, -0.15) is 0 Å². The number of aromatic nitrogens is 2. The third-order valence-electron chi connectivity index (χ3n) is 7.16. The molecule has 0 saturated heterocycles. The molecule has 4 fully saturated rings. The number of fused-ring (bicyclic) bond motifs is 1. The largest absolute Gasteiger partial charge is 0.349 e. The Morgan fingerprint density at radius 1 is 1.18 bits per heavy atom. The van der Waals surface area contributed by atoms with Crippen molar-refractivity contribution in [3.63, 3.8) is 0 Å². The number of aryl methyl sites for hydroxylation is 1. The fourth-order valence-electron chi connectivity index (χ4n) is 6.21. The van der Waals surface area contributed by atoms with Crippen LogP contribution in [0.5, 0.6) is 0 Å². The molecule has 4 aliphatic carbocycles. The summed E-state index contributed by atoms with van der Waals surface area (Å²) in [5, 5.41) is 10.2. The molecule has 1 N–H and O–H groups in total. The van der Waals surface area contributed by atoms with E-state index in [1.807, 2.05) is 30.5 Å². The van der Waals surface area contributed by atoms with Crippen molar-refractivity contribution in [3.8, 4) is 10.6 Å². The van der Waals surface area contributed by atoms with E-state index in [1.165, 1.54) is 32.1 Å². The Morgan fingerprint density at radius 2 is 1.93 bits per heavy atom. The van der Waals surface area contributed by atoms with E-state index in [4.69, 9.17) is 4.52 Å². The predicted molar refractivity (Wildman–Crippen MR) is 108 cm³/mol. The van der Waals surface area contributed by atoms with Crippen molar-refractivity contribution < 1.29 is 9.32 Å². The number of pyridine rings is 1. The van der Waals surface area contributed by atoms with Crippen LogP contribution < -0.4 is 5.32 Å². The highest BCUT2D eigenvalue weighted by molar-refractivity contribution is 7.13. The van der Waals surface area contributed by atoms with Crippen LogP contribution in [0.25, 0.3) is 21.7 Å². The van der Waals surface area contributed by atoms with Gasteiger partial charge < -0.3 is 9.84 Å². The van der Waals surface area contributed by atoms with Gasteiger partial charge in [0.2, 0.25) is 0 Å². The summed E-state index contributed by atoms with van der Waals surface area (Å²) in [5.41, 5.74) is 2.57. The summed E-state index contributed by atoms with van der Waals surface area (Å²) in [6.45, 7) is 1.87. The molecular weight excluding hydrogens is 370 g/mol. The molecule has 7 rings (SSSR count). The summed E-state index contributed by atoms with van der Waals surface area (Å²) in [6, 6.07) is 6.23. The van der Waals surface area contributed by atoms with Gasteiger partial charge >= 0.3 is 0 Å². The average Bonchev–Trinajstić information content (AvgIpc) is 3.34. The molecule has 28 heavy (non-hydrogen) atoms. The molecule has 4 saturated carbocycles. The lowest BCUT2D eigenvalue weighted by Gasteiger charge is -2.54. The van der Waals surface area contributed by atoms with Gasteiger partial charge in [-0.3, -0.25) is 4.79 Å². The van der Waals surface area contributed by atoms with E-state index in [0.29, 0.717) is 29.2 Å². The first-order valence-electron chi connectivity index (χ1n) is 10.3. The Labute approximate surface area is 167 Å². The van der Waals surface area contributed by atoms with E-state index < -0.39 is 0 Å². The summed E-state index contributed by atoms with van der Waals surface area (Å²) in [7, 11) is 0. The summed E-state index contributed by atoms with van der Waals surface area (Å²) in [5.74, 6) is 3.09. The van der Waals surface area contributed by atoms with E-state index in [-0.39, 0.29) is 5.91 Å². The van der Waals surface area contributed by atoms with Crippen LogP contribution in [0.15, 0.2) is 28.1 Å². The maximum Gasteiger partial charge on any atom is 0.259 e. The smallest absolute Gasteiger partial charge is 0.259 e. The molecule has 0 radical (unpaired) electrons. The zero-order chi connectivity index (χ0) is 18.8. The summed E-state index contributed by atoms with van der Waals surface area (Å²) in [6.07, 6.45) is 6.57. The van der Waals surface area contributed by atoms with Crippen molar-refractivity contribution in [2.24, 2.45) is 23.7 Å². The highest BCUT2D eigenvalue weighted by Gasteiger charge is 2.48. The molecule has 3 heterocycles. The topological polar surface area (TPSA) is 68.0 Å². The first-order chi connectivity index (χ1) is 13.7. The lowest BCUT2D eigenvalue weighted by molar-refractivity contribution is -0.0119. The standard InChI is InChI=1S/C22H23N3O2S/c1-11-19-16(10-17(18-3-2-4-28-18)23-22(19)27-25-11)21(26)24-20-14-6-12-5-13(8-14)9-15(20)7-12/h2-4,10,12-15,20H,5-9H2,1H3,(H,24,26). The molecule has 0 spiro atoms. The molecule has 1 amide bonds. The van der Waals surface area contributed by atoms with Crippen molar-refractivity contribution in [1.82, 2.24) is 15.5 Å². The molecular formula is C22H23N3O2S. The molecule has 0 aromatic carbocycles. The highest BCUT2D eigenvalue weighted by Crippen LogP contribution is 2.53. The van der Waals surface area contributed by atoms with Crippen LogP contribution >= 0.6 is 11.3 Å². The maximum atomic E-state index is 13.4. The van der Waals surface area contributed by atoms with E-state index in [9.17, 15) is 4.79 Å². The molecule has 3 aromatic rings. The highest BCUT2D eigenvalue weighted by atomic mass is 32.1. The second kappa shape index (κ2) is 6.14. The van der Waals surface area contributed by atoms with Crippen LogP contribution in [0.3, 0.4) is 0 Å². The molecule has 5 nitrogen and oxygen atoms in total. The summed E-state index contributed by atoms with van der Waals surface area (Å²) >= 11 is 1.61. The quantitative estimate of drug-likeness (QED) is 0.693. The minimum absolute atomic E-state index is 0.00557. The Morgan fingerprint density at radius 3 is 2.61 bits per heavy atom. The number of amides is 1. The maximum absolute atomic E-state index is 13.4. The number of carbonyl (C=O) groups is 1. The fraction of sp³-hybridized carbons (Fsp3) is 0.500. The van der Waals surface area contributed by atoms with Crippen molar-refractivity contribution in [3.05, 3.63) is 34.8 Å². The third-order valence-corrected chi connectivity index (χ3v) is 8.05. The van der Waals surface area contributed by atoms with Crippen molar-refractivity contribution >= 4 is 28.3 Å².